The largest absolute Gasteiger partial charge is 0.478 e. The first kappa shape index (κ1) is 10.7. The molecule has 3 nitrogen and oxygen atoms in total. The van der Waals surface area contributed by atoms with Crippen LogP contribution in [0.25, 0.3) is 0 Å². The number of hydrogen-bond acceptors (Lipinski definition) is 2. The second kappa shape index (κ2) is 4.77. The summed E-state index contributed by atoms with van der Waals surface area (Å²) < 4.78 is 0. The highest BCUT2D eigenvalue weighted by molar-refractivity contribution is 5.87. The predicted molar refractivity (Wildman–Crippen MR) is 55.2 cm³/mol. The Balaban J connectivity index is 2.77. The van der Waals surface area contributed by atoms with E-state index in [1.54, 1.807) is 24.3 Å². The van der Waals surface area contributed by atoms with Gasteiger partial charge in [-0.05, 0) is 24.1 Å². The Labute approximate surface area is 83.6 Å². The molecule has 1 aromatic rings. The molecule has 0 spiro atoms. The summed E-state index contributed by atoms with van der Waals surface area (Å²) >= 11 is 0. The van der Waals surface area contributed by atoms with Crippen LogP contribution in [0.3, 0.4) is 0 Å². The van der Waals surface area contributed by atoms with E-state index in [0.29, 0.717) is 5.56 Å². The van der Waals surface area contributed by atoms with Gasteiger partial charge in [0.1, 0.15) is 0 Å². The summed E-state index contributed by atoms with van der Waals surface area (Å²) in [5, 5.41) is 8.69. The van der Waals surface area contributed by atoms with Crippen molar-refractivity contribution >= 4 is 5.97 Å². The molecule has 1 atom stereocenters. The molecule has 76 valence electrons. The Morgan fingerprint density at radius 2 is 2.00 bits per heavy atom. The normalized spacial score (nSPS) is 12.4. The molecule has 0 fully saturated rings. The van der Waals surface area contributed by atoms with Crippen LogP contribution in [0.1, 0.15) is 41.7 Å². The molecular weight excluding hydrogens is 178 g/mol. The minimum Gasteiger partial charge on any atom is -0.478 e. The van der Waals surface area contributed by atoms with Gasteiger partial charge in [0, 0.05) is 6.04 Å². The van der Waals surface area contributed by atoms with Gasteiger partial charge in [-0.3, -0.25) is 0 Å². The average Bonchev–Trinajstić information content (AvgIpc) is 2.18. The molecule has 0 aromatic heterocycles. The van der Waals surface area contributed by atoms with Crippen molar-refractivity contribution in [2.24, 2.45) is 5.73 Å². The van der Waals surface area contributed by atoms with Crippen molar-refractivity contribution in [1.29, 1.82) is 0 Å². The maximum Gasteiger partial charge on any atom is 0.335 e. The molecular formula is C11H15NO2. The molecule has 14 heavy (non-hydrogen) atoms. The zero-order valence-corrected chi connectivity index (χ0v) is 8.23. The zero-order valence-electron chi connectivity index (χ0n) is 8.23. The number of hydrogen-bond donors (Lipinski definition) is 2. The quantitative estimate of drug-likeness (QED) is 0.770. The second-order valence-corrected chi connectivity index (χ2v) is 3.32. The lowest BCUT2D eigenvalue weighted by Crippen LogP contribution is -2.09. The summed E-state index contributed by atoms with van der Waals surface area (Å²) in [5.74, 6) is -0.902. The minimum atomic E-state index is -0.902. The van der Waals surface area contributed by atoms with Gasteiger partial charge in [0.05, 0.1) is 5.56 Å². The monoisotopic (exact) mass is 193 g/mol. The summed E-state index contributed by atoms with van der Waals surface area (Å²) in [6.07, 6.45) is 1.95. The van der Waals surface area contributed by atoms with Gasteiger partial charge in [0.2, 0.25) is 0 Å². The van der Waals surface area contributed by atoms with Crippen molar-refractivity contribution in [2.45, 2.75) is 25.8 Å². The van der Waals surface area contributed by atoms with E-state index in [-0.39, 0.29) is 6.04 Å². The van der Waals surface area contributed by atoms with Crippen molar-refractivity contribution in [2.75, 3.05) is 0 Å². The van der Waals surface area contributed by atoms with Crippen LogP contribution in [0.4, 0.5) is 0 Å². The van der Waals surface area contributed by atoms with E-state index in [4.69, 9.17) is 10.8 Å². The highest BCUT2D eigenvalue weighted by Crippen LogP contribution is 2.16. The maximum absolute atomic E-state index is 10.6. The lowest BCUT2D eigenvalue weighted by atomic mass is 10.0. The third-order valence-corrected chi connectivity index (χ3v) is 2.19. The third kappa shape index (κ3) is 2.57. The van der Waals surface area contributed by atoms with Crippen LogP contribution in [0.2, 0.25) is 0 Å². The first-order valence-electron chi connectivity index (χ1n) is 4.74. The van der Waals surface area contributed by atoms with Gasteiger partial charge < -0.3 is 10.8 Å². The molecule has 0 heterocycles. The number of rotatable bonds is 4. The van der Waals surface area contributed by atoms with Crippen LogP contribution in [0.5, 0.6) is 0 Å². The van der Waals surface area contributed by atoms with E-state index in [1.807, 2.05) is 0 Å². The van der Waals surface area contributed by atoms with Crippen molar-refractivity contribution in [3.8, 4) is 0 Å². The van der Waals surface area contributed by atoms with Gasteiger partial charge in [-0.25, -0.2) is 4.79 Å². The predicted octanol–water partition coefficient (Wildman–Crippen LogP) is 2.18. The summed E-state index contributed by atoms with van der Waals surface area (Å²) in [4.78, 5) is 10.6. The number of aromatic carboxylic acids is 1. The molecule has 0 aliphatic heterocycles. The standard InChI is InChI=1S/C11H15NO2/c1-2-3-10(12)8-4-6-9(7-5-8)11(13)14/h4-7,10H,2-3,12H2,1H3,(H,13,14)/t10-/m0/s1. The summed E-state index contributed by atoms with van der Waals surface area (Å²) in [5.41, 5.74) is 7.18. The molecule has 3 heteroatoms. The first-order valence-corrected chi connectivity index (χ1v) is 4.74. The topological polar surface area (TPSA) is 63.3 Å². The summed E-state index contributed by atoms with van der Waals surface area (Å²) in [6, 6.07) is 6.76. The van der Waals surface area contributed by atoms with E-state index in [0.717, 1.165) is 18.4 Å². The Bertz CT molecular complexity index is 306. The molecule has 0 unspecified atom stereocenters. The number of carboxylic acid groups (broad SMARTS) is 1. The van der Waals surface area contributed by atoms with E-state index in [9.17, 15) is 4.79 Å². The number of carboxylic acids is 1. The minimum absolute atomic E-state index is 0.0165. The van der Waals surface area contributed by atoms with Crippen molar-refractivity contribution < 1.29 is 9.90 Å². The Hall–Kier alpha value is -1.35. The van der Waals surface area contributed by atoms with E-state index in [2.05, 4.69) is 6.92 Å². The fourth-order valence-corrected chi connectivity index (χ4v) is 1.35. The van der Waals surface area contributed by atoms with Gasteiger partial charge >= 0.3 is 5.97 Å². The number of carbonyl (C=O) groups is 1. The SMILES string of the molecule is CCC[C@H](N)c1ccc(C(=O)O)cc1. The Morgan fingerprint density at radius 3 is 2.43 bits per heavy atom. The first-order chi connectivity index (χ1) is 6.65. The van der Waals surface area contributed by atoms with Crippen LogP contribution in [-0.4, -0.2) is 11.1 Å². The van der Waals surface area contributed by atoms with E-state index in [1.165, 1.54) is 0 Å². The fraction of sp³-hybridized carbons (Fsp3) is 0.364. The lowest BCUT2D eigenvalue weighted by molar-refractivity contribution is 0.0697. The molecule has 1 rings (SSSR count). The zero-order chi connectivity index (χ0) is 10.6. The lowest BCUT2D eigenvalue weighted by Gasteiger charge is -2.10. The van der Waals surface area contributed by atoms with Gasteiger partial charge in [-0.1, -0.05) is 25.5 Å². The molecule has 0 bridgehead atoms. The van der Waals surface area contributed by atoms with Crippen molar-refractivity contribution in [1.82, 2.24) is 0 Å². The molecule has 0 aliphatic carbocycles. The van der Waals surface area contributed by atoms with Gasteiger partial charge in [-0.15, -0.1) is 0 Å². The molecule has 3 N–H and O–H groups in total. The summed E-state index contributed by atoms with van der Waals surface area (Å²) in [6.45, 7) is 2.07. The van der Waals surface area contributed by atoms with Crippen LogP contribution >= 0.6 is 0 Å². The van der Waals surface area contributed by atoms with E-state index >= 15 is 0 Å². The molecule has 0 amide bonds. The average molecular weight is 193 g/mol. The third-order valence-electron chi connectivity index (χ3n) is 2.19. The smallest absolute Gasteiger partial charge is 0.335 e. The van der Waals surface area contributed by atoms with Crippen LogP contribution < -0.4 is 5.73 Å². The van der Waals surface area contributed by atoms with E-state index < -0.39 is 5.97 Å². The highest BCUT2D eigenvalue weighted by Gasteiger charge is 2.06. The molecule has 0 saturated heterocycles. The second-order valence-electron chi connectivity index (χ2n) is 3.32. The van der Waals surface area contributed by atoms with Crippen LogP contribution in [0.15, 0.2) is 24.3 Å². The molecule has 0 aliphatic rings. The van der Waals surface area contributed by atoms with Crippen LogP contribution in [0, 0.1) is 0 Å². The Kier molecular flexibility index (Phi) is 3.65. The van der Waals surface area contributed by atoms with Crippen molar-refractivity contribution in [3.63, 3.8) is 0 Å². The number of nitrogens with two attached hydrogens (primary N) is 1. The molecule has 1 aromatic carbocycles. The maximum atomic E-state index is 10.6. The van der Waals surface area contributed by atoms with Gasteiger partial charge in [-0.2, -0.15) is 0 Å². The van der Waals surface area contributed by atoms with Crippen LogP contribution in [-0.2, 0) is 0 Å². The van der Waals surface area contributed by atoms with Gasteiger partial charge in [0.25, 0.3) is 0 Å². The number of benzene rings is 1. The summed E-state index contributed by atoms with van der Waals surface area (Å²) in [7, 11) is 0. The van der Waals surface area contributed by atoms with Crippen molar-refractivity contribution in [3.05, 3.63) is 35.4 Å². The molecule has 0 saturated carbocycles. The van der Waals surface area contributed by atoms with Gasteiger partial charge in [0.15, 0.2) is 0 Å². The fourth-order valence-electron chi connectivity index (χ4n) is 1.35. The Morgan fingerprint density at radius 1 is 1.43 bits per heavy atom. The molecule has 0 radical (unpaired) electrons. The highest BCUT2D eigenvalue weighted by atomic mass is 16.4.